The van der Waals surface area contributed by atoms with Crippen molar-refractivity contribution in [3.05, 3.63) is 11.7 Å². The van der Waals surface area contributed by atoms with Gasteiger partial charge < -0.3 is 14.4 Å². The summed E-state index contributed by atoms with van der Waals surface area (Å²) in [5.74, 6) is 1.49. The van der Waals surface area contributed by atoms with Crippen LogP contribution in [0.3, 0.4) is 0 Å². The summed E-state index contributed by atoms with van der Waals surface area (Å²) in [6, 6.07) is 0. The fraction of sp³-hybridized carbons (Fsp3) is 0.818. The van der Waals surface area contributed by atoms with Crippen molar-refractivity contribution >= 4 is 0 Å². The van der Waals surface area contributed by atoms with Crippen LogP contribution in [-0.2, 0) is 4.74 Å². The molecule has 0 spiro atoms. The summed E-state index contributed by atoms with van der Waals surface area (Å²) in [4.78, 5) is 4.34. The lowest BCUT2D eigenvalue weighted by molar-refractivity contribution is 0.0624. The zero-order valence-electron chi connectivity index (χ0n) is 9.72. The first kappa shape index (κ1) is 11.5. The Hall–Kier alpha value is -0.940. The molecule has 1 unspecified atom stereocenters. The Morgan fingerprint density at radius 1 is 1.56 bits per heavy atom. The maximum Gasteiger partial charge on any atom is 0.230 e. The average Bonchev–Trinajstić information content (AvgIpc) is 2.70. The Morgan fingerprint density at radius 2 is 2.31 bits per heavy atom. The quantitative estimate of drug-likeness (QED) is 0.829. The van der Waals surface area contributed by atoms with Gasteiger partial charge in [-0.3, -0.25) is 0 Å². The topological polar surface area (TPSA) is 68.4 Å². The van der Waals surface area contributed by atoms with Crippen LogP contribution in [0.15, 0.2) is 4.52 Å². The lowest BCUT2D eigenvalue weighted by Crippen LogP contribution is -2.26. The van der Waals surface area contributed by atoms with E-state index in [-0.39, 0.29) is 18.1 Å². The van der Waals surface area contributed by atoms with Crippen molar-refractivity contribution in [1.29, 1.82) is 0 Å². The molecule has 0 aliphatic heterocycles. The molecule has 0 bridgehead atoms. The monoisotopic (exact) mass is 226 g/mol. The number of hydrogen-bond acceptors (Lipinski definition) is 5. The van der Waals surface area contributed by atoms with Crippen LogP contribution in [-0.4, -0.2) is 28.5 Å². The number of rotatable bonds is 5. The molecule has 16 heavy (non-hydrogen) atoms. The first-order valence-corrected chi connectivity index (χ1v) is 5.79. The van der Waals surface area contributed by atoms with Crippen molar-refractivity contribution in [2.24, 2.45) is 0 Å². The smallest absolute Gasteiger partial charge is 0.230 e. The van der Waals surface area contributed by atoms with E-state index in [4.69, 9.17) is 9.26 Å². The predicted molar refractivity (Wildman–Crippen MR) is 56.9 cm³/mol. The Morgan fingerprint density at radius 3 is 2.88 bits per heavy atom. The highest BCUT2D eigenvalue weighted by Crippen LogP contribution is 2.36. The molecule has 0 saturated heterocycles. The van der Waals surface area contributed by atoms with Crippen LogP contribution in [0.2, 0.25) is 0 Å². The molecule has 1 N–H and O–H groups in total. The number of aromatic nitrogens is 2. The van der Waals surface area contributed by atoms with Gasteiger partial charge in [0.25, 0.3) is 0 Å². The maximum atomic E-state index is 9.21. The Labute approximate surface area is 94.8 Å². The van der Waals surface area contributed by atoms with Gasteiger partial charge in [-0.15, -0.1) is 0 Å². The minimum Gasteiger partial charge on any atom is -0.393 e. The van der Waals surface area contributed by atoms with E-state index in [9.17, 15) is 5.11 Å². The first-order chi connectivity index (χ1) is 7.74. The van der Waals surface area contributed by atoms with Crippen LogP contribution in [0.1, 0.15) is 56.3 Å². The average molecular weight is 226 g/mol. The van der Waals surface area contributed by atoms with Crippen molar-refractivity contribution in [2.75, 3.05) is 7.11 Å². The van der Waals surface area contributed by atoms with E-state index >= 15 is 0 Å². The molecule has 0 aromatic carbocycles. The van der Waals surface area contributed by atoms with Gasteiger partial charge in [0.05, 0.1) is 6.10 Å². The molecular formula is C11H18N2O3. The molecule has 0 amide bonds. The second kappa shape index (κ2) is 4.93. The van der Waals surface area contributed by atoms with E-state index in [1.54, 1.807) is 7.11 Å². The van der Waals surface area contributed by atoms with Crippen molar-refractivity contribution < 1.29 is 14.4 Å². The number of hydrogen-bond donors (Lipinski definition) is 1. The van der Waals surface area contributed by atoms with Gasteiger partial charge in [0.2, 0.25) is 11.7 Å². The molecule has 90 valence electrons. The molecule has 1 saturated carbocycles. The molecule has 1 aromatic heterocycles. The third-order valence-electron chi connectivity index (χ3n) is 3.04. The van der Waals surface area contributed by atoms with Crippen molar-refractivity contribution in [2.45, 2.75) is 50.7 Å². The van der Waals surface area contributed by atoms with Gasteiger partial charge in [-0.2, -0.15) is 4.98 Å². The Kier molecular flexibility index (Phi) is 3.56. The molecule has 5 heteroatoms. The molecule has 1 heterocycles. The molecule has 5 nitrogen and oxygen atoms in total. The van der Waals surface area contributed by atoms with Crippen molar-refractivity contribution in [3.63, 3.8) is 0 Å². The van der Waals surface area contributed by atoms with E-state index in [0.29, 0.717) is 11.7 Å². The molecular weight excluding hydrogens is 208 g/mol. The lowest BCUT2D eigenvalue weighted by Gasteiger charge is -2.27. The van der Waals surface area contributed by atoms with Crippen LogP contribution < -0.4 is 0 Å². The molecule has 2 rings (SSSR count). The highest BCUT2D eigenvalue weighted by Gasteiger charge is 2.33. The van der Waals surface area contributed by atoms with Crippen molar-refractivity contribution in [3.8, 4) is 0 Å². The van der Waals surface area contributed by atoms with Gasteiger partial charge >= 0.3 is 0 Å². The summed E-state index contributed by atoms with van der Waals surface area (Å²) in [6.45, 7) is 2.09. The standard InChI is InChI=1S/C11H18N2O3/c1-3-4-9(15-2)10-12-11(16-13-10)7-5-8(14)6-7/h7-9,14H,3-6H2,1-2H3. The fourth-order valence-corrected chi connectivity index (χ4v) is 1.95. The van der Waals surface area contributed by atoms with Crippen LogP contribution in [0, 0.1) is 0 Å². The number of nitrogens with zero attached hydrogens (tertiary/aromatic N) is 2. The van der Waals surface area contributed by atoms with E-state index < -0.39 is 0 Å². The molecule has 1 fully saturated rings. The summed E-state index contributed by atoms with van der Waals surface area (Å²) in [7, 11) is 1.66. The molecule has 1 aromatic rings. The minimum atomic E-state index is -0.200. The highest BCUT2D eigenvalue weighted by molar-refractivity contribution is 5.02. The van der Waals surface area contributed by atoms with Gasteiger partial charge in [-0.25, -0.2) is 0 Å². The van der Waals surface area contributed by atoms with Gasteiger partial charge in [0.15, 0.2) is 0 Å². The van der Waals surface area contributed by atoms with Gasteiger partial charge in [0, 0.05) is 13.0 Å². The van der Waals surface area contributed by atoms with Crippen LogP contribution in [0.25, 0.3) is 0 Å². The summed E-state index contributed by atoms with van der Waals surface area (Å²) in [5.41, 5.74) is 0. The van der Waals surface area contributed by atoms with E-state index in [0.717, 1.165) is 25.7 Å². The molecule has 0 radical (unpaired) electrons. The third-order valence-corrected chi connectivity index (χ3v) is 3.04. The van der Waals surface area contributed by atoms with Crippen LogP contribution in [0.4, 0.5) is 0 Å². The number of ether oxygens (including phenoxy) is 1. The number of aliphatic hydroxyl groups is 1. The van der Waals surface area contributed by atoms with E-state index in [1.165, 1.54) is 0 Å². The molecule has 1 atom stereocenters. The number of aliphatic hydroxyl groups excluding tert-OH is 1. The van der Waals surface area contributed by atoms with Gasteiger partial charge in [0.1, 0.15) is 6.10 Å². The first-order valence-electron chi connectivity index (χ1n) is 5.79. The zero-order valence-corrected chi connectivity index (χ0v) is 9.72. The highest BCUT2D eigenvalue weighted by atomic mass is 16.5. The second-order valence-corrected chi connectivity index (χ2v) is 4.33. The zero-order chi connectivity index (χ0) is 11.5. The molecule has 1 aliphatic rings. The fourth-order valence-electron chi connectivity index (χ4n) is 1.95. The normalized spacial score (nSPS) is 26.4. The predicted octanol–water partition coefficient (Wildman–Crippen LogP) is 1.80. The second-order valence-electron chi connectivity index (χ2n) is 4.33. The number of methoxy groups -OCH3 is 1. The molecule has 1 aliphatic carbocycles. The van der Waals surface area contributed by atoms with Crippen LogP contribution >= 0.6 is 0 Å². The largest absolute Gasteiger partial charge is 0.393 e. The van der Waals surface area contributed by atoms with Crippen LogP contribution in [0.5, 0.6) is 0 Å². The summed E-state index contributed by atoms with van der Waals surface area (Å²) in [6.07, 6.45) is 3.09. The van der Waals surface area contributed by atoms with Gasteiger partial charge in [-0.1, -0.05) is 18.5 Å². The van der Waals surface area contributed by atoms with E-state index in [1.807, 2.05) is 0 Å². The minimum absolute atomic E-state index is 0.0764. The Bertz CT molecular complexity index is 334. The van der Waals surface area contributed by atoms with E-state index in [2.05, 4.69) is 17.1 Å². The summed E-state index contributed by atoms with van der Waals surface area (Å²) < 4.78 is 10.5. The third kappa shape index (κ3) is 2.25. The van der Waals surface area contributed by atoms with Crippen molar-refractivity contribution in [1.82, 2.24) is 10.1 Å². The Balaban J connectivity index is 2.00. The maximum absolute atomic E-state index is 9.21. The van der Waals surface area contributed by atoms with Gasteiger partial charge in [-0.05, 0) is 19.3 Å². The summed E-state index contributed by atoms with van der Waals surface area (Å²) >= 11 is 0. The summed E-state index contributed by atoms with van der Waals surface area (Å²) in [5, 5.41) is 13.2. The SMILES string of the molecule is CCCC(OC)c1noc(C2CC(O)C2)n1. The lowest BCUT2D eigenvalue weighted by atomic mass is 9.82.